The van der Waals surface area contributed by atoms with Crippen molar-refractivity contribution in [3.05, 3.63) is 16.1 Å². The smallest absolute Gasteiger partial charge is 0.326 e. The Bertz CT molecular complexity index is 461. The number of carbonyl (C=O) groups is 2. The number of hydrogen-bond donors (Lipinski definition) is 3. The number of unbranched alkanes of at least 4 members (excludes halogenated alkanes) is 1. The maximum Gasteiger partial charge on any atom is 0.326 e. The van der Waals surface area contributed by atoms with E-state index < -0.39 is 18.0 Å². The topological polar surface area (TPSA) is 91.3 Å². The summed E-state index contributed by atoms with van der Waals surface area (Å²) in [5.74, 6) is -1.01. The molecule has 6 nitrogen and oxygen atoms in total. The lowest BCUT2D eigenvalue weighted by atomic mass is 10.1. The third-order valence-electron chi connectivity index (χ3n) is 2.80. The summed E-state index contributed by atoms with van der Waals surface area (Å²) in [5, 5.41) is 17.0. The summed E-state index contributed by atoms with van der Waals surface area (Å²) in [6.07, 6.45) is 2.09. The minimum Gasteiger partial charge on any atom is -0.480 e. The maximum atomic E-state index is 11.8. The van der Waals surface area contributed by atoms with Crippen LogP contribution >= 0.6 is 11.3 Å². The Hall–Kier alpha value is -1.63. The lowest BCUT2D eigenvalue weighted by molar-refractivity contribution is -0.139. The summed E-state index contributed by atoms with van der Waals surface area (Å²) in [7, 11) is 0. The highest BCUT2D eigenvalue weighted by molar-refractivity contribution is 7.09. The predicted molar refractivity (Wildman–Crippen MR) is 77.9 cm³/mol. The van der Waals surface area contributed by atoms with Gasteiger partial charge in [-0.05, 0) is 20.3 Å². The molecule has 2 amide bonds. The van der Waals surface area contributed by atoms with Gasteiger partial charge in [-0.15, -0.1) is 11.3 Å². The van der Waals surface area contributed by atoms with E-state index in [9.17, 15) is 9.59 Å². The zero-order valence-electron chi connectivity index (χ0n) is 12.0. The van der Waals surface area contributed by atoms with E-state index in [0.717, 1.165) is 23.5 Å². The molecule has 0 fully saturated rings. The molecule has 0 aliphatic rings. The molecule has 0 saturated carbocycles. The Labute approximate surface area is 122 Å². The van der Waals surface area contributed by atoms with E-state index in [1.165, 1.54) is 11.3 Å². The van der Waals surface area contributed by atoms with Crippen molar-refractivity contribution in [3.63, 3.8) is 0 Å². The number of urea groups is 1. The standard InChI is InChI=1S/C13H21N3O3S/c1-4-5-6-10(12(17)18)16-13(19)15-9(3)11-14-8(2)7-20-11/h7,9-10H,4-6H2,1-3H3,(H,17,18)(H2,15,16,19)/t9?,10-/m0/s1. The van der Waals surface area contributed by atoms with Gasteiger partial charge in [0.25, 0.3) is 0 Å². The number of aryl methyl sites for hydroxylation is 1. The van der Waals surface area contributed by atoms with Crippen molar-refractivity contribution in [2.24, 2.45) is 0 Å². The Morgan fingerprint density at radius 3 is 2.65 bits per heavy atom. The fraction of sp³-hybridized carbons (Fsp3) is 0.615. The van der Waals surface area contributed by atoms with Gasteiger partial charge in [0.2, 0.25) is 0 Å². The van der Waals surface area contributed by atoms with Gasteiger partial charge < -0.3 is 15.7 Å². The van der Waals surface area contributed by atoms with E-state index in [4.69, 9.17) is 5.11 Å². The second-order valence-electron chi connectivity index (χ2n) is 4.70. The zero-order chi connectivity index (χ0) is 15.1. The molecule has 0 aliphatic heterocycles. The third-order valence-corrected chi connectivity index (χ3v) is 3.95. The molecule has 0 saturated heterocycles. The van der Waals surface area contributed by atoms with E-state index in [1.807, 2.05) is 26.2 Å². The molecular formula is C13H21N3O3S. The van der Waals surface area contributed by atoms with Crippen LogP contribution < -0.4 is 10.6 Å². The summed E-state index contributed by atoms with van der Waals surface area (Å²) in [5.41, 5.74) is 0.908. The van der Waals surface area contributed by atoms with Crippen molar-refractivity contribution in [1.82, 2.24) is 15.6 Å². The first kappa shape index (κ1) is 16.4. The summed E-state index contributed by atoms with van der Waals surface area (Å²) >= 11 is 1.47. The normalized spacial score (nSPS) is 13.6. The van der Waals surface area contributed by atoms with Crippen LogP contribution in [0.4, 0.5) is 4.79 Å². The number of thiazole rings is 1. The van der Waals surface area contributed by atoms with Gasteiger partial charge in [0, 0.05) is 11.1 Å². The first-order valence-electron chi connectivity index (χ1n) is 6.65. The number of rotatable bonds is 7. The van der Waals surface area contributed by atoms with Crippen LogP contribution in [0.15, 0.2) is 5.38 Å². The highest BCUT2D eigenvalue weighted by Gasteiger charge is 2.20. The lowest BCUT2D eigenvalue weighted by Crippen LogP contribution is -2.46. The van der Waals surface area contributed by atoms with Crippen molar-refractivity contribution in [3.8, 4) is 0 Å². The number of hydrogen-bond acceptors (Lipinski definition) is 4. The molecular weight excluding hydrogens is 278 g/mol. The second kappa shape index (κ2) is 7.84. The Morgan fingerprint density at radius 2 is 2.15 bits per heavy atom. The van der Waals surface area contributed by atoms with Crippen LogP contribution in [0.1, 0.15) is 49.9 Å². The van der Waals surface area contributed by atoms with E-state index in [2.05, 4.69) is 15.6 Å². The molecule has 1 heterocycles. The van der Waals surface area contributed by atoms with Crippen LogP contribution in [0.2, 0.25) is 0 Å². The zero-order valence-corrected chi connectivity index (χ0v) is 12.8. The van der Waals surface area contributed by atoms with E-state index in [-0.39, 0.29) is 6.04 Å². The molecule has 112 valence electrons. The van der Waals surface area contributed by atoms with Gasteiger partial charge in [0.15, 0.2) is 0 Å². The van der Waals surface area contributed by atoms with Crippen LogP contribution in [0.25, 0.3) is 0 Å². The number of nitrogens with zero attached hydrogens (tertiary/aromatic N) is 1. The summed E-state index contributed by atoms with van der Waals surface area (Å²) in [4.78, 5) is 27.1. The average molecular weight is 299 g/mol. The van der Waals surface area contributed by atoms with E-state index in [1.54, 1.807) is 0 Å². The fourth-order valence-electron chi connectivity index (χ4n) is 1.69. The Balaban J connectivity index is 2.50. The average Bonchev–Trinajstić information content (AvgIpc) is 2.80. The molecule has 3 N–H and O–H groups in total. The van der Waals surface area contributed by atoms with Crippen molar-refractivity contribution in [2.75, 3.05) is 0 Å². The fourth-order valence-corrected chi connectivity index (χ4v) is 2.50. The molecule has 0 aliphatic carbocycles. The van der Waals surface area contributed by atoms with Crippen LogP contribution in [0.3, 0.4) is 0 Å². The number of carboxylic acid groups (broad SMARTS) is 1. The first-order valence-corrected chi connectivity index (χ1v) is 7.53. The van der Waals surface area contributed by atoms with Crippen LogP contribution in [0.5, 0.6) is 0 Å². The van der Waals surface area contributed by atoms with Gasteiger partial charge in [-0.25, -0.2) is 14.6 Å². The van der Waals surface area contributed by atoms with Gasteiger partial charge in [-0.2, -0.15) is 0 Å². The second-order valence-corrected chi connectivity index (χ2v) is 5.59. The van der Waals surface area contributed by atoms with Gasteiger partial charge in [0.05, 0.1) is 6.04 Å². The van der Waals surface area contributed by atoms with Crippen LogP contribution in [0, 0.1) is 6.92 Å². The largest absolute Gasteiger partial charge is 0.480 e. The SMILES string of the molecule is CCCC[C@H](NC(=O)NC(C)c1nc(C)cs1)C(=O)O. The molecule has 0 aromatic carbocycles. The molecule has 1 aromatic heterocycles. The van der Waals surface area contributed by atoms with Crippen molar-refractivity contribution < 1.29 is 14.7 Å². The number of carboxylic acids is 1. The van der Waals surface area contributed by atoms with Crippen molar-refractivity contribution >= 4 is 23.3 Å². The maximum absolute atomic E-state index is 11.8. The number of carbonyl (C=O) groups excluding carboxylic acids is 1. The molecule has 7 heteroatoms. The molecule has 1 aromatic rings. The Morgan fingerprint density at radius 1 is 1.45 bits per heavy atom. The number of aliphatic carboxylic acids is 1. The molecule has 2 atom stereocenters. The highest BCUT2D eigenvalue weighted by atomic mass is 32.1. The summed E-state index contributed by atoms with van der Waals surface area (Å²) < 4.78 is 0. The summed E-state index contributed by atoms with van der Waals surface area (Å²) in [6, 6.07) is -1.57. The predicted octanol–water partition coefficient (Wildman–Crippen LogP) is 2.46. The first-order chi connectivity index (χ1) is 9.43. The lowest BCUT2D eigenvalue weighted by Gasteiger charge is -2.17. The van der Waals surface area contributed by atoms with Crippen molar-refractivity contribution in [2.45, 2.75) is 52.1 Å². The number of amides is 2. The molecule has 20 heavy (non-hydrogen) atoms. The van der Waals surface area contributed by atoms with Crippen LogP contribution in [-0.2, 0) is 4.79 Å². The molecule has 0 radical (unpaired) electrons. The number of aromatic nitrogens is 1. The van der Waals surface area contributed by atoms with Gasteiger partial charge in [0.1, 0.15) is 11.0 Å². The monoisotopic (exact) mass is 299 g/mol. The quantitative estimate of drug-likeness (QED) is 0.721. The van der Waals surface area contributed by atoms with Gasteiger partial charge in [-0.1, -0.05) is 19.8 Å². The summed E-state index contributed by atoms with van der Waals surface area (Å²) in [6.45, 7) is 5.68. The third kappa shape index (κ3) is 5.16. The highest BCUT2D eigenvalue weighted by Crippen LogP contribution is 2.17. The number of nitrogens with one attached hydrogen (secondary N) is 2. The minimum absolute atomic E-state index is 0.241. The molecule has 0 spiro atoms. The minimum atomic E-state index is -1.01. The van der Waals surface area contributed by atoms with Crippen LogP contribution in [-0.4, -0.2) is 28.1 Å². The molecule has 1 unspecified atom stereocenters. The molecule has 0 bridgehead atoms. The van der Waals surface area contributed by atoms with Gasteiger partial charge >= 0.3 is 12.0 Å². The van der Waals surface area contributed by atoms with E-state index in [0.29, 0.717) is 6.42 Å². The van der Waals surface area contributed by atoms with Gasteiger partial charge in [-0.3, -0.25) is 0 Å². The molecule has 1 rings (SSSR count). The van der Waals surface area contributed by atoms with E-state index >= 15 is 0 Å². The Kier molecular flexibility index (Phi) is 6.44. The van der Waals surface area contributed by atoms with Crippen molar-refractivity contribution in [1.29, 1.82) is 0 Å².